The van der Waals surface area contributed by atoms with E-state index in [4.69, 9.17) is 0 Å². The summed E-state index contributed by atoms with van der Waals surface area (Å²) >= 11 is 1.20. The van der Waals surface area contributed by atoms with Gasteiger partial charge in [0.1, 0.15) is 0 Å². The molecular formula is C19H17F3N4OS. The van der Waals surface area contributed by atoms with Crippen LogP contribution in [0.4, 0.5) is 18.9 Å². The molecule has 0 aliphatic heterocycles. The number of hydrogen-bond acceptors (Lipinski definition) is 4. The maximum Gasteiger partial charge on any atom is 0.416 e. The van der Waals surface area contributed by atoms with Crippen LogP contribution in [-0.2, 0) is 18.0 Å². The second-order valence-corrected chi connectivity index (χ2v) is 7.09. The van der Waals surface area contributed by atoms with Crippen LogP contribution in [0.3, 0.4) is 0 Å². The molecule has 5 nitrogen and oxygen atoms in total. The van der Waals surface area contributed by atoms with Gasteiger partial charge in [-0.05, 0) is 37.3 Å². The van der Waals surface area contributed by atoms with Gasteiger partial charge in [0.2, 0.25) is 5.91 Å². The molecule has 3 rings (SSSR count). The average molecular weight is 406 g/mol. The third kappa shape index (κ3) is 4.72. The lowest BCUT2D eigenvalue weighted by molar-refractivity contribution is -0.137. The summed E-state index contributed by atoms with van der Waals surface area (Å²) in [6, 6.07) is 12.2. The highest BCUT2D eigenvalue weighted by atomic mass is 32.2. The molecule has 3 aromatic rings. The van der Waals surface area contributed by atoms with Crippen LogP contribution in [0.2, 0.25) is 0 Å². The van der Waals surface area contributed by atoms with Gasteiger partial charge in [0.15, 0.2) is 11.0 Å². The number of carbonyl (C=O) groups excluding carboxylic acids is 1. The highest BCUT2D eigenvalue weighted by Gasteiger charge is 2.30. The molecule has 0 aliphatic rings. The molecule has 0 fully saturated rings. The van der Waals surface area contributed by atoms with Crippen molar-refractivity contribution < 1.29 is 18.0 Å². The molecule has 1 amide bonds. The van der Waals surface area contributed by atoms with E-state index in [-0.39, 0.29) is 11.7 Å². The van der Waals surface area contributed by atoms with E-state index in [1.807, 2.05) is 38.2 Å². The summed E-state index contributed by atoms with van der Waals surface area (Å²) in [6.07, 6.45) is -4.40. The molecule has 0 saturated heterocycles. The van der Waals surface area contributed by atoms with Crippen molar-refractivity contribution in [2.45, 2.75) is 18.3 Å². The van der Waals surface area contributed by atoms with E-state index >= 15 is 0 Å². The van der Waals surface area contributed by atoms with E-state index in [0.717, 1.165) is 23.3 Å². The van der Waals surface area contributed by atoms with Crippen LogP contribution < -0.4 is 5.32 Å². The van der Waals surface area contributed by atoms with E-state index in [0.29, 0.717) is 16.7 Å². The molecule has 1 heterocycles. The Labute approximate surface area is 164 Å². The smallest absolute Gasteiger partial charge is 0.325 e. The van der Waals surface area contributed by atoms with Gasteiger partial charge in [-0.25, -0.2) is 0 Å². The van der Waals surface area contributed by atoms with Crippen molar-refractivity contribution in [3.63, 3.8) is 0 Å². The number of aryl methyl sites for hydroxylation is 1. The van der Waals surface area contributed by atoms with E-state index in [9.17, 15) is 18.0 Å². The quantitative estimate of drug-likeness (QED) is 0.632. The largest absolute Gasteiger partial charge is 0.416 e. The first-order valence-corrected chi connectivity index (χ1v) is 9.29. The van der Waals surface area contributed by atoms with Crippen molar-refractivity contribution in [1.82, 2.24) is 14.8 Å². The van der Waals surface area contributed by atoms with Gasteiger partial charge in [0.05, 0.1) is 11.3 Å². The maximum atomic E-state index is 12.6. The SMILES string of the molecule is Cc1cccc(-c2nnc(SCC(=O)Nc3ccc(C(F)(F)F)cc3)n2C)c1. The van der Waals surface area contributed by atoms with Crippen LogP contribution >= 0.6 is 11.8 Å². The number of anilines is 1. The number of nitrogens with zero attached hydrogens (tertiary/aromatic N) is 3. The molecule has 1 aromatic heterocycles. The first-order chi connectivity index (χ1) is 13.2. The molecule has 9 heteroatoms. The van der Waals surface area contributed by atoms with Gasteiger partial charge in [-0.1, -0.05) is 35.5 Å². The Morgan fingerprint density at radius 3 is 2.50 bits per heavy atom. The van der Waals surface area contributed by atoms with Crippen LogP contribution in [0, 0.1) is 6.92 Å². The number of thioether (sulfide) groups is 1. The fourth-order valence-corrected chi connectivity index (χ4v) is 3.26. The molecule has 0 saturated carbocycles. The summed E-state index contributed by atoms with van der Waals surface area (Å²) in [5.74, 6) is 0.403. The number of nitrogens with one attached hydrogen (secondary N) is 1. The van der Waals surface area contributed by atoms with Gasteiger partial charge in [-0.15, -0.1) is 10.2 Å². The normalized spacial score (nSPS) is 11.5. The first kappa shape index (κ1) is 19.9. The van der Waals surface area contributed by atoms with Gasteiger partial charge in [-0.2, -0.15) is 13.2 Å². The molecule has 2 aromatic carbocycles. The van der Waals surface area contributed by atoms with Gasteiger partial charge >= 0.3 is 6.18 Å². The topological polar surface area (TPSA) is 59.8 Å². The Balaban J connectivity index is 1.61. The third-order valence-corrected chi connectivity index (χ3v) is 4.96. The molecule has 146 valence electrons. The molecule has 28 heavy (non-hydrogen) atoms. The highest BCUT2D eigenvalue weighted by Crippen LogP contribution is 2.30. The Kier molecular flexibility index (Phi) is 5.73. The maximum absolute atomic E-state index is 12.6. The lowest BCUT2D eigenvalue weighted by Crippen LogP contribution is -2.14. The minimum absolute atomic E-state index is 0.0564. The molecular weight excluding hydrogens is 389 g/mol. The Hall–Kier alpha value is -2.81. The third-order valence-electron chi connectivity index (χ3n) is 3.94. The Bertz CT molecular complexity index is 984. The van der Waals surface area contributed by atoms with Crippen LogP contribution in [0.5, 0.6) is 0 Å². The molecule has 1 N–H and O–H groups in total. The predicted octanol–water partition coefficient (Wildman–Crippen LogP) is 4.54. The second-order valence-electron chi connectivity index (χ2n) is 6.15. The molecule has 0 bridgehead atoms. The van der Waals surface area contributed by atoms with Crippen molar-refractivity contribution in [2.24, 2.45) is 7.05 Å². The fraction of sp³-hybridized carbons (Fsp3) is 0.211. The zero-order valence-electron chi connectivity index (χ0n) is 15.1. The van der Waals surface area contributed by atoms with Crippen LogP contribution in [0.15, 0.2) is 53.7 Å². The standard InChI is InChI=1S/C19H17F3N4OS/c1-12-4-3-5-13(10-12)17-24-25-18(26(17)2)28-11-16(27)23-15-8-6-14(7-9-15)19(20,21)22/h3-10H,11H2,1-2H3,(H,23,27). The minimum Gasteiger partial charge on any atom is -0.325 e. The number of rotatable bonds is 5. The lowest BCUT2D eigenvalue weighted by atomic mass is 10.1. The monoisotopic (exact) mass is 406 g/mol. The summed E-state index contributed by atoms with van der Waals surface area (Å²) in [5.41, 5.74) is 1.57. The number of halogens is 3. The number of aromatic nitrogens is 3. The number of benzene rings is 2. The molecule has 0 radical (unpaired) electrons. The summed E-state index contributed by atoms with van der Waals surface area (Å²) in [4.78, 5) is 12.1. The van der Waals surface area contributed by atoms with Crippen molar-refractivity contribution in [3.8, 4) is 11.4 Å². The number of hydrogen-bond donors (Lipinski definition) is 1. The van der Waals surface area contributed by atoms with E-state index in [2.05, 4.69) is 15.5 Å². The summed E-state index contributed by atoms with van der Waals surface area (Å²) in [6.45, 7) is 1.99. The van der Waals surface area contributed by atoms with Gasteiger partial charge in [0.25, 0.3) is 0 Å². The van der Waals surface area contributed by atoms with Gasteiger partial charge < -0.3 is 9.88 Å². The zero-order valence-corrected chi connectivity index (χ0v) is 15.9. The molecule has 0 unspecified atom stereocenters. The van der Waals surface area contributed by atoms with Crippen molar-refractivity contribution >= 4 is 23.4 Å². The summed E-state index contributed by atoms with van der Waals surface area (Å²) < 4.78 is 39.5. The minimum atomic E-state index is -4.40. The highest BCUT2D eigenvalue weighted by molar-refractivity contribution is 7.99. The van der Waals surface area contributed by atoms with E-state index in [1.54, 1.807) is 4.57 Å². The van der Waals surface area contributed by atoms with Crippen LogP contribution in [0.1, 0.15) is 11.1 Å². The first-order valence-electron chi connectivity index (χ1n) is 8.30. The number of alkyl halides is 3. The summed E-state index contributed by atoms with van der Waals surface area (Å²) in [7, 11) is 1.81. The Morgan fingerprint density at radius 1 is 1.14 bits per heavy atom. The lowest BCUT2D eigenvalue weighted by Gasteiger charge is -2.09. The van der Waals surface area contributed by atoms with Crippen molar-refractivity contribution in [2.75, 3.05) is 11.1 Å². The molecule has 0 aliphatic carbocycles. The van der Waals surface area contributed by atoms with Crippen molar-refractivity contribution in [1.29, 1.82) is 0 Å². The van der Waals surface area contributed by atoms with E-state index in [1.165, 1.54) is 23.9 Å². The Morgan fingerprint density at radius 2 is 1.86 bits per heavy atom. The van der Waals surface area contributed by atoms with Crippen LogP contribution in [0.25, 0.3) is 11.4 Å². The van der Waals surface area contributed by atoms with Gasteiger partial charge in [0, 0.05) is 18.3 Å². The zero-order chi connectivity index (χ0) is 20.3. The molecule has 0 atom stereocenters. The van der Waals surface area contributed by atoms with Gasteiger partial charge in [-0.3, -0.25) is 4.79 Å². The average Bonchev–Trinajstić information content (AvgIpc) is 3.00. The molecule has 0 spiro atoms. The summed E-state index contributed by atoms with van der Waals surface area (Å²) in [5, 5.41) is 11.4. The second kappa shape index (κ2) is 8.05. The number of carbonyl (C=O) groups is 1. The fourth-order valence-electron chi connectivity index (χ4n) is 2.55. The van der Waals surface area contributed by atoms with Crippen molar-refractivity contribution in [3.05, 3.63) is 59.7 Å². The van der Waals surface area contributed by atoms with Crippen LogP contribution in [-0.4, -0.2) is 26.4 Å². The van der Waals surface area contributed by atoms with E-state index < -0.39 is 11.7 Å². The predicted molar refractivity (Wildman–Crippen MR) is 102 cm³/mol. The number of amides is 1.